The lowest BCUT2D eigenvalue weighted by molar-refractivity contribution is -0.104. The third-order valence-electron chi connectivity index (χ3n) is 1.86. The molecule has 0 aliphatic rings. The maximum absolute atomic E-state index is 10.7. The summed E-state index contributed by atoms with van der Waals surface area (Å²) in [6.45, 7) is 3.95. The van der Waals surface area contributed by atoms with Crippen LogP contribution in [0.3, 0.4) is 0 Å². The Morgan fingerprint density at radius 3 is 2.50 bits per heavy atom. The Morgan fingerprint density at radius 2 is 2.00 bits per heavy atom. The van der Waals surface area contributed by atoms with Gasteiger partial charge in [0.1, 0.15) is 6.29 Å². The van der Waals surface area contributed by atoms with Gasteiger partial charge in [-0.25, -0.2) is 0 Å². The smallest absolute Gasteiger partial charge is 0.146 e. The van der Waals surface area contributed by atoms with Gasteiger partial charge in [0.05, 0.1) is 0 Å². The number of carbonyl (C=O) groups excluding carboxylic acids is 1. The molecule has 0 amide bonds. The Bertz CT molecular complexity index is 327. The van der Waals surface area contributed by atoms with Crippen LogP contribution in [0.1, 0.15) is 19.4 Å². The lowest BCUT2D eigenvalue weighted by Gasteiger charge is -2.07. The van der Waals surface area contributed by atoms with E-state index in [1.807, 2.05) is 37.3 Å². The molecule has 0 saturated carbocycles. The molecule has 0 saturated heterocycles. The number of thioether (sulfide) groups is 1. The standard InChI is InChI=1S/C12H14OS/c1-3-14-12(10(2)9-13)11-7-5-4-6-8-11/h4-9H,3H2,1-2H3/b12-10-. The molecule has 2 heteroatoms. The average molecular weight is 206 g/mol. The molecule has 1 aromatic carbocycles. The molecular formula is C12H14OS. The van der Waals surface area contributed by atoms with Crippen molar-refractivity contribution in [1.29, 1.82) is 0 Å². The number of aldehydes is 1. The molecule has 0 aliphatic heterocycles. The highest BCUT2D eigenvalue weighted by Gasteiger charge is 2.04. The normalized spacial score (nSPS) is 12.1. The van der Waals surface area contributed by atoms with Gasteiger partial charge in [-0.15, -0.1) is 11.8 Å². The van der Waals surface area contributed by atoms with Crippen LogP contribution >= 0.6 is 11.8 Å². The Kier molecular flexibility index (Phi) is 4.47. The number of carbonyl (C=O) groups is 1. The molecule has 0 heterocycles. The molecule has 1 aromatic rings. The van der Waals surface area contributed by atoms with E-state index < -0.39 is 0 Å². The van der Waals surface area contributed by atoms with Gasteiger partial charge in [0.2, 0.25) is 0 Å². The van der Waals surface area contributed by atoms with E-state index in [0.717, 1.165) is 28.1 Å². The van der Waals surface area contributed by atoms with Crippen molar-refractivity contribution < 1.29 is 4.79 Å². The summed E-state index contributed by atoms with van der Waals surface area (Å²) in [5.74, 6) is 0.982. The predicted octanol–water partition coefficient (Wildman–Crippen LogP) is 3.37. The highest BCUT2D eigenvalue weighted by molar-refractivity contribution is 8.08. The third-order valence-corrected chi connectivity index (χ3v) is 2.99. The van der Waals surface area contributed by atoms with E-state index in [1.165, 1.54) is 0 Å². The van der Waals surface area contributed by atoms with Crippen LogP contribution in [0.25, 0.3) is 4.91 Å². The van der Waals surface area contributed by atoms with E-state index >= 15 is 0 Å². The molecule has 0 unspecified atom stereocenters. The minimum absolute atomic E-state index is 0.808. The fourth-order valence-electron chi connectivity index (χ4n) is 1.21. The fourth-order valence-corrected chi connectivity index (χ4v) is 2.08. The van der Waals surface area contributed by atoms with Crippen LogP contribution in [0, 0.1) is 0 Å². The second-order valence-electron chi connectivity index (χ2n) is 2.93. The Balaban J connectivity index is 3.07. The molecule has 0 aromatic heterocycles. The number of rotatable bonds is 4. The van der Waals surface area contributed by atoms with Crippen LogP contribution in [0.15, 0.2) is 35.9 Å². The maximum atomic E-state index is 10.7. The zero-order valence-electron chi connectivity index (χ0n) is 8.49. The Hall–Kier alpha value is -1.02. The third kappa shape index (κ3) is 2.74. The molecule has 74 valence electrons. The largest absolute Gasteiger partial charge is 0.298 e. The van der Waals surface area contributed by atoms with E-state index in [9.17, 15) is 4.79 Å². The Morgan fingerprint density at radius 1 is 1.36 bits per heavy atom. The average Bonchev–Trinajstić information content (AvgIpc) is 2.26. The first-order valence-corrected chi connectivity index (χ1v) is 5.62. The second kappa shape index (κ2) is 5.66. The predicted molar refractivity (Wildman–Crippen MR) is 63.2 cm³/mol. The van der Waals surface area contributed by atoms with Gasteiger partial charge in [0.25, 0.3) is 0 Å². The van der Waals surface area contributed by atoms with Gasteiger partial charge in [-0.2, -0.15) is 0 Å². The molecule has 1 nitrogen and oxygen atoms in total. The molecule has 0 aliphatic carbocycles. The van der Waals surface area contributed by atoms with Gasteiger partial charge in [0, 0.05) is 10.5 Å². The van der Waals surface area contributed by atoms with Crippen molar-refractivity contribution in [3.05, 3.63) is 41.5 Å². The second-order valence-corrected chi connectivity index (χ2v) is 4.20. The van der Waals surface area contributed by atoms with Crippen molar-refractivity contribution in [2.75, 3.05) is 5.75 Å². The molecule has 0 fully saturated rings. The van der Waals surface area contributed by atoms with Gasteiger partial charge in [0.15, 0.2) is 0 Å². The highest BCUT2D eigenvalue weighted by Crippen LogP contribution is 2.29. The first kappa shape index (κ1) is 11.1. The minimum atomic E-state index is 0.808. The van der Waals surface area contributed by atoms with Gasteiger partial charge in [-0.1, -0.05) is 37.3 Å². The van der Waals surface area contributed by atoms with E-state index in [0.29, 0.717) is 0 Å². The van der Waals surface area contributed by atoms with Gasteiger partial charge in [-0.05, 0) is 18.2 Å². The summed E-state index contributed by atoms with van der Waals surface area (Å²) < 4.78 is 0. The summed E-state index contributed by atoms with van der Waals surface area (Å²) >= 11 is 1.71. The van der Waals surface area contributed by atoms with Gasteiger partial charge < -0.3 is 0 Å². The summed E-state index contributed by atoms with van der Waals surface area (Å²) in [5.41, 5.74) is 1.94. The summed E-state index contributed by atoms with van der Waals surface area (Å²) in [4.78, 5) is 11.8. The zero-order valence-corrected chi connectivity index (χ0v) is 9.30. The molecule has 0 N–H and O–H groups in total. The summed E-state index contributed by atoms with van der Waals surface area (Å²) in [6, 6.07) is 10.0. The molecule has 0 spiro atoms. The number of benzene rings is 1. The highest BCUT2D eigenvalue weighted by atomic mass is 32.2. The first-order valence-electron chi connectivity index (χ1n) is 4.63. The van der Waals surface area contributed by atoms with Crippen molar-refractivity contribution in [3.63, 3.8) is 0 Å². The lowest BCUT2D eigenvalue weighted by Crippen LogP contribution is -1.87. The van der Waals surface area contributed by atoms with Crippen LogP contribution in [0.2, 0.25) is 0 Å². The van der Waals surface area contributed by atoms with Crippen molar-refractivity contribution >= 4 is 23.0 Å². The molecule has 0 bridgehead atoms. The molecule has 1 rings (SSSR count). The summed E-state index contributed by atoms with van der Waals surface area (Å²) in [5, 5.41) is 0. The monoisotopic (exact) mass is 206 g/mol. The van der Waals surface area contributed by atoms with Crippen LogP contribution in [-0.4, -0.2) is 12.0 Å². The minimum Gasteiger partial charge on any atom is -0.298 e. The van der Waals surface area contributed by atoms with E-state index in [-0.39, 0.29) is 0 Å². The maximum Gasteiger partial charge on any atom is 0.146 e. The summed E-state index contributed by atoms with van der Waals surface area (Å²) in [6.07, 6.45) is 0.922. The first-order chi connectivity index (χ1) is 6.79. The van der Waals surface area contributed by atoms with Gasteiger partial charge >= 0.3 is 0 Å². The van der Waals surface area contributed by atoms with Crippen LogP contribution in [0.4, 0.5) is 0 Å². The van der Waals surface area contributed by atoms with Gasteiger partial charge in [-0.3, -0.25) is 4.79 Å². The quantitative estimate of drug-likeness (QED) is 0.555. The molecular weight excluding hydrogens is 192 g/mol. The van der Waals surface area contributed by atoms with Crippen molar-refractivity contribution in [3.8, 4) is 0 Å². The lowest BCUT2D eigenvalue weighted by atomic mass is 10.1. The molecule has 0 radical (unpaired) electrons. The zero-order chi connectivity index (χ0) is 10.4. The molecule has 0 atom stereocenters. The van der Waals surface area contributed by atoms with E-state index in [4.69, 9.17) is 0 Å². The van der Waals surface area contributed by atoms with Crippen LogP contribution < -0.4 is 0 Å². The van der Waals surface area contributed by atoms with Crippen molar-refractivity contribution in [2.24, 2.45) is 0 Å². The van der Waals surface area contributed by atoms with E-state index in [1.54, 1.807) is 11.8 Å². The fraction of sp³-hybridized carbons (Fsp3) is 0.250. The van der Waals surface area contributed by atoms with E-state index in [2.05, 4.69) is 6.92 Å². The van der Waals surface area contributed by atoms with Crippen molar-refractivity contribution in [1.82, 2.24) is 0 Å². The van der Waals surface area contributed by atoms with Crippen molar-refractivity contribution in [2.45, 2.75) is 13.8 Å². The topological polar surface area (TPSA) is 17.1 Å². The number of hydrogen-bond donors (Lipinski definition) is 0. The summed E-state index contributed by atoms with van der Waals surface area (Å²) in [7, 11) is 0. The molecule has 14 heavy (non-hydrogen) atoms. The number of allylic oxidation sites excluding steroid dienone is 1. The SMILES string of the molecule is CCS/C(=C(/C)C=O)c1ccccc1. The van der Waals surface area contributed by atoms with Crippen LogP contribution in [-0.2, 0) is 4.79 Å². The van der Waals surface area contributed by atoms with Crippen LogP contribution in [0.5, 0.6) is 0 Å². The number of hydrogen-bond acceptors (Lipinski definition) is 2. The Labute approximate surface area is 89.2 Å².